The fourth-order valence-corrected chi connectivity index (χ4v) is 5.16. The lowest BCUT2D eigenvalue weighted by molar-refractivity contribution is 0.0977. The van der Waals surface area contributed by atoms with E-state index in [1.165, 1.54) is 16.7 Å². The third kappa shape index (κ3) is 5.27. The highest BCUT2D eigenvalue weighted by Gasteiger charge is 2.22. The van der Waals surface area contributed by atoms with Crippen molar-refractivity contribution in [3.63, 3.8) is 0 Å². The van der Waals surface area contributed by atoms with Crippen molar-refractivity contribution < 1.29 is 17.6 Å². The van der Waals surface area contributed by atoms with Gasteiger partial charge in [0, 0.05) is 25.1 Å². The lowest BCUT2D eigenvalue weighted by atomic mass is 10.0. The van der Waals surface area contributed by atoms with Gasteiger partial charge >= 0.3 is 0 Å². The largest absolute Gasteiger partial charge is 0.441 e. The Hall–Kier alpha value is -4.29. The SMILES string of the molecule is Cc1cc([C@@H](C)Nc2ccc(Cl)nc2C(=O)NS(C)(=O)=O)c2nc(-c3ccc4oc(C)nc4c3)n(C)c(=O)c2c1. The highest BCUT2D eigenvalue weighted by Crippen LogP contribution is 2.30. The van der Waals surface area contributed by atoms with Crippen LogP contribution in [-0.4, -0.2) is 40.1 Å². The van der Waals surface area contributed by atoms with Crippen molar-refractivity contribution in [1.29, 1.82) is 0 Å². The summed E-state index contributed by atoms with van der Waals surface area (Å²) in [7, 11) is -2.17. The molecule has 0 spiro atoms. The summed E-state index contributed by atoms with van der Waals surface area (Å²) >= 11 is 6.00. The summed E-state index contributed by atoms with van der Waals surface area (Å²) in [4.78, 5) is 39.5. The van der Waals surface area contributed by atoms with Gasteiger partial charge in [0.2, 0.25) is 10.0 Å². The predicted molar refractivity (Wildman–Crippen MR) is 153 cm³/mol. The first kappa shape index (κ1) is 27.3. The first-order valence-corrected chi connectivity index (χ1v) is 14.4. The number of aromatic nitrogens is 4. The van der Waals surface area contributed by atoms with Gasteiger partial charge in [0.05, 0.1) is 28.9 Å². The zero-order valence-corrected chi connectivity index (χ0v) is 23.8. The first-order chi connectivity index (χ1) is 18.8. The topological polar surface area (TPSA) is 149 Å². The monoisotopic (exact) mass is 580 g/mol. The molecular weight excluding hydrogens is 556 g/mol. The van der Waals surface area contributed by atoms with Gasteiger partial charge in [-0.3, -0.25) is 14.2 Å². The van der Waals surface area contributed by atoms with Crippen molar-refractivity contribution in [2.24, 2.45) is 7.05 Å². The standard InChI is InChI=1S/C27H25ClN6O5S/c1-13-10-17(14(2)29-19-7-9-22(28)31-24(19)26(35)33-40(5,37)38)23-18(11-13)27(36)34(4)25(32-23)16-6-8-21-20(12-16)30-15(3)39-21/h6-12,14,29H,1-5H3,(H,33,35)/t14-/m1/s1. The lowest BCUT2D eigenvalue weighted by Gasteiger charge is -2.20. The summed E-state index contributed by atoms with van der Waals surface area (Å²) in [6.45, 7) is 5.47. The van der Waals surface area contributed by atoms with Crippen LogP contribution in [0.1, 0.15) is 40.5 Å². The summed E-state index contributed by atoms with van der Waals surface area (Å²) in [5.74, 6) is 0.0479. The van der Waals surface area contributed by atoms with Gasteiger partial charge in [-0.1, -0.05) is 17.7 Å². The summed E-state index contributed by atoms with van der Waals surface area (Å²) < 4.78 is 32.3. The number of halogens is 1. The van der Waals surface area contributed by atoms with E-state index in [9.17, 15) is 18.0 Å². The molecule has 1 amide bonds. The maximum absolute atomic E-state index is 13.5. The van der Waals surface area contributed by atoms with E-state index in [2.05, 4.69) is 15.3 Å². The molecule has 2 aromatic carbocycles. The molecule has 5 rings (SSSR count). The number of pyridine rings is 1. The van der Waals surface area contributed by atoms with Gasteiger partial charge in [-0.15, -0.1) is 0 Å². The highest BCUT2D eigenvalue weighted by molar-refractivity contribution is 7.89. The quantitative estimate of drug-likeness (QED) is 0.281. The van der Waals surface area contributed by atoms with Crippen LogP contribution < -0.4 is 15.6 Å². The smallest absolute Gasteiger partial charge is 0.285 e. The maximum atomic E-state index is 13.5. The van der Waals surface area contributed by atoms with Crippen LogP contribution in [0.25, 0.3) is 33.4 Å². The number of amides is 1. The lowest BCUT2D eigenvalue weighted by Crippen LogP contribution is -2.31. The van der Waals surface area contributed by atoms with Crippen LogP contribution in [0.2, 0.25) is 5.15 Å². The Bertz CT molecular complexity index is 2000. The minimum absolute atomic E-state index is 0.0203. The minimum Gasteiger partial charge on any atom is -0.441 e. The van der Waals surface area contributed by atoms with Crippen molar-refractivity contribution in [1.82, 2.24) is 24.2 Å². The molecular formula is C27H25ClN6O5S. The van der Waals surface area contributed by atoms with Crippen molar-refractivity contribution in [3.05, 3.63) is 80.7 Å². The Morgan fingerprint density at radius 1 is 1.07 bits per heavy atom. The van der Waals surface area contributed by atoms with Crippen LogP contribution in [0.5, 0.6) is 0 Å². The van der Waals surface area contributed by atoms with Gasteiger partial charge in [-0.2, -0.15) is 0 Å². The Kier molecular flexibility index (Phi) is 6.84. The van der Waals surface area contributed by atoms with E-state index < -0.39 is 22.0 Å². The van der Waals surface area contributed by atoms with E-state index in [4.69, 9.17) is 21.0 Å². The number of anilines is 1. The van der Waals surface area contributed by atoms with Crippen LogP contribution in [-0.2, 0) is 17.1 Å². The molecule has 0 aliphatic rings. The molecule has 40 heavy (non-hydrogen) atoms. The van der Waals surface area contributed by atoms with E-state index in [1.807, 2.05) is 36.8 Å². The van der Waals surface area contributed by atoms with E-state index in [1.54, 1.807) is 26.1 Å². The average Bonchev–Trinajstić information content (AvgIpc) is 3.25. The molecule has 0 saturated carbocycles. The number of fused-ring (bicyclic) bond motifs is 2. The second-order valence-electron chi connectivity index (χ2n) is 9.56. The Morgan fingerprint density at radius 2 is 1.82 bits per heavy atom. The Balaban J connectivity index is 1.62. The molecule has 0 unspecified atom stereocenters. The second kappa shape index (κ2) is 10.0. The van der Waals surface area contributed by atoms with Gasteiger partial charge < -0.3 is 9.73 Å². The number of benzene rings is 2. The van der Waals surface area contributed by atoms with E-state index in [-0.39, 0.29) is 22.1 Å². The number of carbonyl (C=O) groups excluding carboxylic acids is 1. The molecule has 11 nitrogen and oxygen atoms in total. The number of aryl methyl sites for hydroxylation is 2. The predicted octanol–water partition coefficient (Wildman–Crippen LogP) is 4.27. The molecule has 2 N–H and O–H groups in total. The van der Waals surface area contributed by atoms with Crippen molar-refractivity contribution in [2.75, 3.05) is 11.6 Å². The highest BCUT2D eigenvalue weighted by atomic mass is 35.5. The minimum atomic E-state index is -3.84. The van der Waals surface area contributed by atoms with Gasteiger partial charge in [0.25, 0.3) is 11.5 Å². The number of carbonyl (C=O) groups is 1. The molecule has 206 valence electrons. The van der Waals surface area contributed by atoms with Crippen molar-refractivity contribution in [2.45, 2.75) is 26.8 Å². The second-order valence-corrected chi connectivity index (χ2v) is 11.7. The number of rotatable bonds is 6. The van der Waals surface area contributed by atoms with Crippen LogP contribution >= 0.6 is 11.6 Å². The van der Waals surface area contributed by atoms with Crippen LogP contribution in [0.15, 0.2) is 51.7 Å². The summed E-state index contributed by atoms with van der Waals surface area (Å²) in [5, 5.41) is 3.66. The van der Waals surface area contributed by atoms with Gasteiger partial charge in [-0.05, 0) is 55.8 Å². The molecule has 0 aliphatic carbocycles. The molecule has 0 saturated heterocycles. The molecule has 5 aromatic rings. The number of sulfonamides is 1. The van der Waals surface area contributed by atoms with E-state index in [0.717, 1.165) is 11.8 Å². The summed E-state index contributed by atoms with van der Waals surface area (Å²) in [5.41, 5.74) is 3.82. The number of hydrogen-bond acceptors (Lipinski definition) is 9. The third-order valence-electron chi connectivity index (χ3n) is 6.30. The number of hydrogen-bond donors (Lipinski definition) is 2. The van der Waals surface area contributed by atoms with Gasteiger partial charge in [0.1, 0.15) is 16.5 Å². The average molecular weight is 581 g/mol. The maximum Gasteiger partial charge on any atom is 0.285 e. The Labute approximate surface area is 234 Å². The van der Waals surface area contributed by atoms with Crippen molar-refractivity contribution >= 4 is 55.2 Å². The van der Waals surface area contributed by atoms with Crippen LogP contribution in [0.4, 0.5) is 5.69 Å². The fraction of sp³-hybridized carbons (Fsp3) is 0.222. The van der Waals surface area contributed by atoms with Gasteiger partial charge in [0.15, 0.2) is 17.2 Å². The molecule has 0 aliphatic heterocycles. The molecule has 1 atom stereocenters. The number of oxazole rings is 1. The summed E-state index contributed by atoms with van der Waals surface area (Å²) in [6.07, 6.45) is 0.870. The molecule has 3 aromatic heterocycles. The van der Waals surface area contributed by atoms with E-state index in [0.29, 0.717) is 44.8 Å². The van der Waals surface area contributed by atoms with Crippen LogP contribution in [0, 0.1) is 13.8 Å². The fourth-order valence-electron chi connectivity index (χ4n) is 4.58. The zero-order chi connectivity index (χ0) is 28.9. The molecule has 0 fully saturated rings. The summed E-state index contributed by atoms with van der Waals surface area (Å²) in [6, 6.07) is 11.7. The number of nitrogens with zero attached hydrogens (tertiary/aromatic N) is 4. The normalized spacial score (nSPS) is 12.6. The third-order valence-corrected chi connectivity index (χ3v) is 7.07. The first-order valence-electron chi connectivity index (χ1n) is 12.1. The molecule has 0 radical (unpaired) electrons. The van der Waals surface area contributed by atoms with Crippen molar-refractivity contribution in [3.8, 4) is 11.4 Å². The van der Waals surface area contributed by atoms with Crippen LogP contribution in [0.3, 0.4) is 0 Å². The zero-order valence-electron chi connectivity index (χ0n) is 22.2. The van der Waals surface area contributed by atoms with E-state index >= 15 is 0 Å². The Morgan fingerprint density at radius 3 is 2.55 bits per heavy atom. The molecule has 3 heterocycles. The molecule has 0 bridgehead atoms. The molecule has 13 heteroatoms. The van der Waals surface area contributed by atoms with Gasteiger partial charge in [-0.25, -0.2) is 28.1 Å². The number of nitrogens with one attached hydrogen (secondary N) is 2.